The largest absolute Gasteiger partial charge is 0.450 e. The van der Waals surface area contributed by atoms with Gasteiger partial charge in [0.05, 0.1) is 24.4 Å². The Kier molecular flexibility index (Phi) is 8.96. The second kappa shape index (κ2) is 11.9. The lowest BCUT2D eigenvalue weighted by molar-refractivity contribution is 0.102. The number of nitrogens with zero attached hydrogens (tertiary/aromatic N) is 1. The van der Waals surface area contributed by atoms with Crippen molar-refractivity contribution in [3.8, 4) is 0 Å². The Labute approximate surface area is 208 Å². The Morgan fingerprint density at radius 1 is 1.09 bits per heavy atom. The molecule has 35 heavy (non-hydrogen) atoms. The van der Waals surface area contributed by atoms with E-state index in [-0.39, 0.29) is 5.56 Å². The lowest BCUT2D eigenvalue weighted by Gasteiger charge is -2.09. The molecule has 2 aromatic carbocycles. The first kappa shape index (κ1) is 26.3. The lowest BCUT2D eigenvalue weighted by atomic mass is 10.1. The van der Waals surface area contributed by atoms with Crippen LogP contribution in [0.25, 0.3) is 0 Å². The summed E-state index contributed by atoms with van der Waals surface area (Å²) in [5, 5.41) is 6.15. The number of carbonyl (C=O) groups excluding carboxylic acids is 2. The fourth-order valence-corrected chi connectivity index (χ4v) is 5.16. The summed E-state index contributed by atoms with van der Waals surface area (Å²) in [6, 6.07) is 12.7. The van der Waals surface area contributed by atoms with Crippen molar-refractivity contribution >= 4 is 39.1 Å². The van der Waals surface area contributed by atoms with E-state index >= 15 is 0 Å². The molecule has 0 aliphatic carbocycles. The number of aromatic nitrogens is 1. The molecule has 9 nitrogen and oxygen atoms in total. The molecule has 0 radical (unpaired) electrons. The van der Waals surface area contributed by atoms with Gasteiger partial charge < -0.3 is 15.4 Å². The van der Waals surface area contributed by atoms with Crippen molar-refractivity contribution in [2.24, 2.45) is 0 Å². The highest BCUT2D eigenvalue weighted by atomic mass is 32.2. The van der Waals surface area contributed by atoms with Crippen LogP contribution in [0.3, 0.4) is 0 Å². The number of alkyl carbamates (subject to hydrolysis) is 1. The Balaban J connectivity index is 1.70. The standard InChI is InChI=1S/C24H27N3O6S2/c1-3-7-19-20(34-22(27-19)15-25-24(29)33-4-2)14-16-10-12-17(13-11-16)26-23(28)18-8-5-6-9-21(18)35(30,31)32/h5-6,8-13H,3-4,7,14-15H2,1-2H3,(H,25,29)(H,26,28)(H,30,31,32). The monoisotopic (exact) mass is 517 g/mol. The predicted molar refractivity (Wildman–Crippen MR) is 133 cm³/mol. The van der Waals surface area contributed by atoms with Gasteiger partial charge in [0.25, 0.3) is 16.0 Å². The first-order valence-corrected chi connectivity index (χ1v) is 13.3. The Bertz CT molecular complexity index is 1290. The molecule has 11 heteroatoms. The van der Waals surface area contributed by atoms with Crippen LogP contribution in [-0.2, 0) is 34.2 Å². The fraction of sp³-hybridized carbons (Fsp3) is 0.292. The molecule has 0 spiro atoms. The predicted octanol–water partition coefficient (Wildman–Crippen LogP) is 4.43. The van der Waals surface area contributed by atoms with Crippen LogP contribution in [0.2, 0.25) is 0 Å². The molecule has 0 aliphatic rings. The maximum atomic E-state index is 12.6. The quantitative estimate of drug-likeness (QED) is 0.339. The number of aryl methyl sites for hydroxylation is 1. The minimum atomic E-state index is -4.53. The number of carbonyl (C=O) groups is 2. The van der Waals surface area contributed by atoms with E-state index in [0.717, 1.165) is 34.0 Å². The number of thiazole rings is 1. The average Bonchev–Trinajstić information content (AvgIpc) is 3.20. The van der Waals surface area contributed by atoms with Gasteiger partial charge in [0.15, 0.2) is 0 Å². The molecule has 3 aromatic rings. The van der Waals surface area contributed by atoms with E-state index in [1.165, 1.54) is 35.6 Å². The number of benzene rings is 2. The Morgan fingerprint density at radius 2 is 1.80 bits per heavy atom. The van der Waals surface area contributed by atoms with Gasteiger partial charge in [-0.1, -0.05) is 37.6 Å². The summed E-state index contributed by atoms with van der Waals surface area (Å²) in [5.41, 5.74) is 2.35. The van der Waals surface area contributed by atoms with Gasteiger partial charge in [-0.2, -0.15) is 8.42 Å². The smallest absolute Gasteiger partial charge is 0.407 e. The zero-order valence-corrected chi connectivity index (χ0v) is 21.0. The highest BCUT2D eigenvalue weighted by Gasteiger charge is 2.20. The van der Waals surface area contributed by atoms with Gasteiger partial charge in [-0.25, -0.2) is 9.78 Å². The number of hydrogen-bond acceptors (Lipinski definition) is 7. The summed E-state index contributed by atoms with van der Waals surface area (Å²) in [5.74, 6) is -0.641. The van der Waals surface area contributed by atoms with Crippen LogP contribution in [0.1, 0.15) is 51.8 Å². The highest BCUT2D eigenvalue weighted by Crippen LogP contribution is 2.25. The van der Waals surface area contributed by atoms with Crippen molar-refractivity contribution in [3.05, 3.63) is 75.2 Å². The SMILES string of the molecule is CCCc1nc(CNC(=O)OCC)sc1Cc1ccc(NC(=O)c2ccccc2S(=O)(=O)O)cc1. The topological polar surface area (TPSA) is 135 Å². The number of ether oxygens (including phenoxy) is 1. The van der Waals surface area contributed by atoms with Gasteiger partial charge in [-0.05, 0) is 43.2 Å². The van der Waals surface area contributed by atoms with Crippen LogP contribution < -0.4 is 10.6 Å². The van der Waals surface area contributed by atoms with Gasteiger partial charge in [-0.15, -0.1) is 11.3 Å². The fourth-order valence-electron chi connectivity index (χ4n) is 3.38. The summed E-state index contributed by atoms with van der Waals surface area (Å²) < 4.78 is 37.4. The minimum Gasteiger partial charge on any atom is -0.450 e. The van der Waals surface area contributed by atoms with E-state index < -0.39 is 27.0 Å². The van der Waals surface area contributed by atoms with Crippen molar-refractivity contribution in [1.29, 1.82) is 0 Å². The summed E-state index contributed by atoms with van der Waals surface area (Å²) in [7, 11) is -4.53. The van der Waals surface area contributed by atoms with Gasteiger partial charge in [0, 0.05) is 17.0 Å². The molecule has 0 bridgehead atoms. The molecule has 2 amide bonds. The first-order valence-electron chi connectivity index (χ1n) is 11.1. The second-order valence-corrected chi connectivity index (χ2v) is 10.2. The molecule has 0 unspecified atom stereocenters. The van der Waals surface area contributed by atoms with E-state index in [9.17, 15) is 22.6 Å². The van der Waals surface area contributed by atoms with Crippen LogP contribution >= 0.6 is 11.3 Å². The second-order valence-electron chi connectivity index (χ2n) is 7.60. The van der Waals surface area contributed by atoms with Crippen LogP contribution in [-0.4, -0.2) is 36.6 Å². The number of rotatable bonds is 10. The van der Waals surface area contributed by atoms with Gasteiger partial charge in [-0.3, -0.25) is 9.35 Å². The van der Waals surface area contributed by atoms with Crippen LogP contribution in [0.4, 0.5) is 10.5 Å². The molecule has 1 heterocycles. The van der Waals surface area contributed by atoms with Crippen LogP contribution in [0.5, 0.6) is 0 Å². The Morgan fingerprint density at radius 3 is 2.46 bits per heavy atom. The molecular formula is C24H27N3O6S2. The number of amides is 2. The van der Waals surface area contributed by atoms with Gasteiger partial charge >= 0.3 is 6.09 Å². The molecule has 0 aliphatic heterocycles. The number of hydrogen-bond donors (Lipinski definition) is 3. The third kappa shape index (κ3) is 7.35. The minimum absolute atomic E-state index is 0.142. The van der Waals surface area contributed by atoms with Crippen molar-refractivity contribution < 1.29 is 27.3 Å². The van der Waals surface area contributed by atoms with E-state index in [1.807, 2.05) is 12.1 Å². The normalized spacial score (nSPS) is 11.2. The van der Waals surface area contributed by atoms with Crippen molar-refractivity contribution in [3.63, 3.8) is 0 Å². The summed E-state index contributed by atoms with van der Waals surface area (Å²) in [6.07, 6.45) is 1.94. The molecular weight excluding hydrogens is 490 g/mol. The summed E-state index contributed by atoms with van der Waals surface area (Å²) in [4.78, 5) is 29.5. The van der Waals surface area contributed by atoms with E-state index in [4.69, 9.17) is 4.74 Å². The van der Waals surface area contributed by atoms with Crippen LogP contribution in [0.15, 0.2) is 53.4 Å². The maximum Gasteiger partial charge on any atom is 0.407 e. The third-order valence-corrected chi connectivity index (χ3v) is 6.96. The molecule has 0 fully saturated rings. The zero-order chi connectivity index (χ0) is 25.4. The first-order chi connectivity index (χ1) is 16.7. The third-order valence-electron chi connectivity index (χ3n) is 4.95. The maximum absolute atomic E-state index is 12.6. The highest BCUT2D eigenvalue weighted by molar-refractivity contribution is 7.86. The molecule has 0 atom stereocenters. The van der Waals surface area contributed by atoms with Crippen LogP contribution in [0, 0.1) is 0 Å². The number of nitrogens with one attached hydrogen (secondary N) is 2. The van der Waals surface area contributed by atoms with Crippen molar-refractivity contribution in [2.75, 3.05) is 11.9 Å². The molecule has 186 valence electrons. The average molecular weight is 518 g/mol. The number of anilines is 1. The lowest BCUT2D eigenvalue weighted by Crippen LogP contribution is -2.23. The molecule has 0 saturated heterocycles. The molecule has 0 saturated carbocycles. The van der Waals surface area contributed by atoms with Crippen molar-refractivity contribution in [1.82, 2.24) is 10.3 Å². The van der Waals surface area contributed by atoms with E-state index in [1.54, 1.807) is 19.1 Å². The van der Waals surface area contributed by atoms with E-state index in [2.05, 4.69) is 22.5 Å². The Hall–Kier alpha value is -3.28. The molecule has 3 rings (SSSR count). The van der Waals surface area contributed by atoms with Gasteiger partial charge in [0.1, 0.15) is 9.90 Å². The molecule has 3 N–H and O–H groups in total. The van der Waals surface area contributed by atoms with Gasteiger partial charge in [0.2, 0.25) is 0 Å². The molecule has 1 aromatic heterocycles. The zero-order valence-electron chi connectivity index (χ0n) is 19.4. The summed E-state index contributed by atoms with van der Waals surface area (Å²) in [6.45, 7) is 4.43. The van der Waals surface area contributed by atoms with Crippen molar-refractivity contribution in [2.45, 2.75) is 44.6 Å². The summed E-state index contributed by atoms with van der Waals surface area (Å²) >= 11 is 1.54. The van der Waals surface area contributed by atoms with E-state index in [0.29, 0.717) is 25.3 Å².